The molecule has 0 spiro atoms. The van der Waals surface area contributed by atoms with Crippen LogP contribution in [0.15, 0.2) is 59.5 Å². The zero-order valence-corrected chi connectivity index (χ0v) is 17.9. The third-order valence-electron chi connectivity index (χ3n) is 3.99. The molecule has 0 heterocycles. The minimum absolute atomic E-state index is 0.00922. The monoisotopic (exact) mass is 432 g/mol. The van der Waals surface area contributed by atoms with Gasteiger partial charge in [0.2, 0.25) is 5.91 Å². The number of amides is 1. The van der Waals surface area contributed by atoms with Crippen molar-refractivity contribution in [3.8, 4) is 0 Å². The molecule has 0 aliphatic carbocycles. The summed E-state index contributed by atoms with van der Waals surface area (Å²) in [4.78, 5) is 31.7. The van der Waals surface area contributed by atoms with Gasteiger partial charge in [0.15, 0.2) is 0 Å². The summed E-state index contributed by atoms with van der Waals surface area (Å²) in [5.41, 5.74) is 2.13. The summed E-state index contributed by atoms with van der Waals surface area (Å²) in [6.07, 6.45) is 2.04. The van der Waals surface area contributed by atoms with Crippen molar-refractivity contribution >= 4 is 35.3 Å². The summed E-state index contributed by atoms with van der Waals surface area (Å²) >= 11 is 1.85. The number of nitrogens with one attached hydrogen (secondary N) is 2. The van der Waals surface area contributed by atoms with Gasteiger partial charge in [-0.2, -0.15) is 0 Å². The Morgan fingerprint density at radius 2 is 1.57 bits per heavy atom. The van der Waals surface area contributed by atoms with E-state index >= 15 is 0 Å². The first kappa shape index (κ1) is 25.2. The van der Waals surface area contributed by atoms with E-state index < -0.39 is 11.9 Å². The maximum Gasteiger partial charge on any atom is 0.414 e. The molecule has 0 aliphatic rings. The van der Waals surface area contributed by atoms with Crippen molar-refractivity contribution in [3.05, 3.63) is 60.2 Å². The number of rotatable bonds is 9. The highest BCUT2D eigenvalue weighted by Gasteiger charge is 2.11. The molecule has 8 heteroatoms. The van der Waals surface area contributed by atoms with E-state index in [1.807, 2.05) is 36.9 Å². The lowest BCUT2D eigenvalue weighted by Crippen LogP contribution is -2.38. The number of carboxylic acid groups (broad SMARTS) is 2. The Hall–Kier alpha value is -2.84. The van der Waals surface area contributed by atoms with Gasteiger partial charge in [-0.05, 0) is 61.9 Å². The fourth-order valence-electron chi connectivity index (χ4n) is 2.26. The van der Waals surface area contributed by atoms with E-state index in [0.29, 0.717) is 0 Å². The Bertz CT molecular complexity index is 785. The highest BCUT2D eigenvalue weighted by Crippen LogP contribution is 2.17. The van der Waals surface area contributed by atoms with E-state index in [4.69, 9.17) is 19.8 Å². The normalized spacial score (nSPS) is 11.0. The van der Waals surface area contributed by atoms with Crippen molar-refractivity contribution in [2.45, 2.75) is 37.6 Å². The molecule has 2 aromatic carbocycles. The molecule has 0 aliphatic heterocycles. The Morgan fingerprint density at radius 1 is 0.967 bits per heavy atom. The smallest absolute Gasteiger partial charge is 0.414 e. The minimum Gasteiger partial charge on any atom is -0.473 e. The van der Waals surface area contributed by atoms with E-state index in [1.165, 1.54) is 10.5 Å². The number of anilines is 1. The third kappa shape index (κ3) is 10.6. The molecule has 0 saturated heterocycles. The second-order valence-corrected chi connectivity index (χ2v) is 7.51. The molecule has 2 aromatic rings. The number of aliphatic carboxylic acids is 2. The van der Waals surface area contributed by atoms with Crippen molar-refractivity contribution in [3.63, 3.8) is 0 Å². The first-order chi connectivity index (χ1) is 14.3. The summed E-state index contributed by atoms with van der Waals surface area (Å²) < 4.78 is 0. The predicted octanol–water partition coefficient (Wildman–Crippen LogP) is 3.50. The fourth-order valence-corrected chi connectivity index (χ4v) is 3.14. The number of carboxylic acids is 2. The van der Waals surface area contributed by atoms with Crippen molar-refractivity contribution in [2.75, 3.05) is 17.6 Å². The number of carbonyl (C=O) groups excluding carboxylic acids is 1. The lowest BCUT2D eigenvalue weighted by atomic mass is 10.1. The standard InChI is InChI=1S/C20H26N2OS.C2H2O4/c1-3-17-10-12-18(13-11-17)22-20(23)16(2)21-14-7-15-24-19-8-5-4-6-9-19;3-1(4)2(5)6/h4-6,8-13,16,21H,3,7,14-15H2,1-2H3,(H,22,23);(H,3,4)(H,5,6). The number of aryl methyl sites for hydroxylation is 1. The average Bonchev–Trinajstić information content (AvgIpc) is 2.75. The van der Waals surface area contributed by atoms with Gasteiger partial charge in [0.25, 0.3) is 0 Å². The zero-order valence-electron chi connectivity index (χ0n) is 17.1. The fraction of sp³-hybridized carbons (Fsp3) is 0.318. The SMILES string of the molecule is CCc1ccc(NC(=O)C(C)NCCCSc2ccccc2)cc1.O=C(O)C(=O)O. The summed E-state index contributed by atoms with van der Waals surface area (Å²) in [5.74, 6) is -2.59. The van der Waals surface area contributed by atoms with Crippen LogP contribution < -0.4 is 10.6 Å². The second kappa shape index (κ2) is 14.2. The van der Waals surface area contributed by atoms with E-state index in [9.17, 15) is 4.79 Å². The Morgan fingerprint density at radius 3 is 2.10 bits per heavy atom. The van der Waals surface area contributed by atoms with Gasteiger partial charge in [0, 0.05) is 10.6 Å². The zero-order chi connectivity index (χ0) is 22.4. The Balaban J connectivity index is 0.000000656. The van der Waals surface area contributed by atoms with Gasteiger partial charge in [0.1, 0.15) is 0 Å². The van der Waals surface area contributed by atoms with Gasteiger partial charge >= 0.3 is 11.9 Å². The lowest BCUT2D eigenvalue weighted by molar-refractivity contribution is -0.159. The number of thioether (sulfide) groups is 1. The lowest BCUT2D eigenvalue weighted by Gasteiger charge is -2.14. The molecule has 0 aromatic heterocycles. The average molecular weight is 433 g/mol. The molecule has 0 fully saturated rings. The molecule has 1 amide bonds. The topological polar surface area (TPSA) is 116 Å². The van der Waals surface area contributed by atoms with Crippen LogP contribution in [0.1, 0.15) is 25.8 Å². The van der Waals surface area contributed by atoms with Crippen molar-refractivity contribution in [1.29, 1.82) is 0 Å². The highest BCUT2D eigenvalue weighted by molar-refractivity contribution is 7.99. The molecule has 162 valence electrons. The van der Waals surface area contributed by atoms with Crippen LogP contribution >= 0.6 is 11.8 Å². The molecule has 1 atom stereocenters. The Kier molecular flexibility index (Phi) is 11.9. The van der Waals surface area contributed by atoms with Crippen molar-refractivity contribution in [2.24, 2.45) is 0 Å². The van der Waals surface area contributed by atoms with Crippen LogP contribution in [0.4, 0.5) is 5.69 Å². The van der Waals surface area contributed by atoms with Gasteiger partial charge < -0.3 is 20.8 Å². The van der Waals surface area contributed by atoms with Crippen molar-refractivity contribution < 1.29 is 24.6 Å². The quantitative estimate of drug-likeness (QED) is 0.272. The molecular weight excluding hydrogens is 404 g/mol. The maximum absolute atomic E-state index is 12.2. The number of benzene rings is 2. The maximum atomic E-state index is 12.2. The van der Waals surface area contributed by atoms with Crippen LogP contribution in [0.2, 0.25) is 0 Å². The van der Waals surface area contributed by atoms with Crippen LogP contribution in [0.3, 0.4) is 0 Å². The van der Waals surface area contributed by atoms with Crippen LogP contribution in [0.25, 0.3) is 0 Å². The van der Waals surface area contributed by atoms with E-state index in [0.717, 1.165) is 30.8 Å². The molecule has 0 saturated carbocycles. The van der Waals surface area contributed by atoms with Gasteiger partial charge in [-0.25, -0.2) is 9.59 Å². The van der Waals surface area contributed by atoms with E-state index in [-0.39, 0.29) is 11.9 Å². The molecule has 7 nitrogen and oxygen atoms in total. The van der Waals surface area contributed by atoms with Gasteiger partial charge in [-0.15, -0.1) is 11.8 Å². The third-order valence-corrected chi connectivity index (χ3v) is 5.09. The summed E-state index contributed by atoms with van der Waals surface area (Å²) in [5, 5.41) is 21.0. The summed E-state index contributed by atoms with van der Waals surface area (Å²) in [7, 11) is 0. The largest absolute Gasteiger partial charge is 0.473 e. The first-order valence-electron chi connectivity index (χ1n) is 9.60. The van der Waals surface area contributed by atoms with Gasteiger partial charge in [0.05, 0.1) is 6.04 Å². The van der Waals surface area contributed by atoms with Crippen molar-refractivity contribution in [1.82, 2.24) is 5.32 Å². The van der Waals surface area contributed by atoms with Gasteiger partial charge in [-0.1, -0.05) is 37.3 Å². The van der Waals surface area contributed by atoms with Crippen LogP contribution in [0, 0.1) is 0 Å². The minimum atomic E-state index is -1.82. The molecule has 30 heavy (non-hydrogen) atoms. The number of hydrogen-bond acceptors (Lipinski definition) is 5. The van der Waals surface area contributed by atoms with Crippen LogP contribution in [0.5, 0.6) is 0 Å². The van der Waals surface area contributed by atoms with E-state index in [1.54, 1.807) is 0 Å². The number of hydrogen-bond donors (Lipinski definition) is 4. The Labute approximate surface area is 180 Å². The number of carbonyl (C=O) groups is 3. The highest BCUT2D eigenvalue weighted by atomic mass is 32.2. The second-order valence-electron chi connectivity index (χ2n) is 6.34. The molecular formula is C22H28N2O5S. The predicted molar refractivity (Wildman–Crippen MR) is 119 cm³/mol. The molecule has 0 bridgehead atoms. The van der Waals surface area contributed by atoms with Crippen LogP contribution in [-0.2, 0) is 20.8 Å². The molecule has 1 unspecified atom stereocenters. The first-order valence-corrected chi connectivity index (χ1v) is 10.6. The molecule has 2 rings (SSSR count). The molecule has 4 N–H and O–H groups in total. The molecule has 0 radical (unpaired) electrons. The van der Waals surface area contributed by atoms with Crippen LogP contribution in [-0.4, -0.2) is 46.4 Å². The summed E-state index contributed by atoms with van der Waals surface area (Å²) in [6.45, 7) is 4.86. The van der Waals surface area contributed by atoms with E-state index in [2.05, 4.69) is 54.0 Å². The van der Waals surface area contributed by atoms with Gasteiger partial charge in [-0.3, -0.25) is 4.79 Å². The summed E-state index contributed by atoms with van der Waals surface area (Å²) in [6, 6.07) is 18.2.